The van der Waals surface area contributed by atoms with Gasteiger partial charge in [-0.3, -0.25) is 4.79 Å². The summed E-state index contributed by atoms with van der Waals surface area (Å²) in [4.78, 5) is 12.9. The van der Waals surface area contributed by atoms with Gasteiger partial charge in [0.25, 0.3) is 0 Å². The molecule has 1 aliphatic heterocycles. The average Bonchev–Trinajstić information content (AvgIpc) is 3.17. The minimum absolute atomic E-state index is 0.146. The van der Waals surface area contributed by atoms with Gasteiger partial charge in [-0.1, -0.05) is 180 Å². The number of ether oxygens (including phenoxy) is 2. The first kappa shape index (κ1) is 50.9. The summed E-state index contributed by atoms with van der Waals surface area (Å²) < 4.78 is 11.2. The first-order chi connectivity index (χ1) is 26.3. The molecule has 1 saturated heterocycles. The highest BCUT2D eigenvalue weighted by atomic mass is 16.7. The monoisotopic (exact) mass is 770 g/mol. The van der Waals surface area contributed by atoms with E-state index >= 15 is 0 Å². The SMILES string of the molecule is CCCCCC/C=C/CCCC[C@@H](O)[C@H](CO[C@H]1O[C@@H](CO)[C@H](O)C(O)C1O)NC(=O)CCCCCCCCCCCCCCCCCCCCCCC. The third-order valence-electron chi connectivity index (χ3n) is 11.1. The van der Waals surface area contributed by atoms with Crippen molar-refractivity contribution in [3.63, 3.8) is 0 Å². The van der Waals surface area contributed by atoms with Crippen LogP contribution < -0.4 is 5.32 Å². The number of carbonyl (C=O) groups is 1. The second-order valence-electron chi connectivity index (χ2n) is 16.2. The first-order valence-electron chi connectivity index (χ1n) is 22.9. The molecule has 0 aliphatic carbocycles. The number of allylic oxidation sites excluding steroid dienone is 2. The summed E-state index contributed by atoms with van der Waals surface area (Å²) in [6.45, 7) is 3.79. The largest absolute Gasteiger partial charge is 0.394 e. The molecule has 0 aromatic heterocycles. The van der Waals surface area contributed by atoms with Crippen LogP contribution in [-0.4, -0.2) is 87.5 Å². The molecule has 0 spiro atoms. The Morgan fingerprint density at radius 1 is 0.611 bits per heavy atom. The fourth-order valence-electron chi connectivity index (χ4n) is 7.39. The summed E-state index contributed by atoms with van der Waals surface area (Å²) in [5.74, 6) is -0.153. The lowest BCUT2D eigenvalue weighted by Gasteiger charge is -2.40. The maximum absolute atomic E-state index is 12.9. The normalized spacial score (nSPS) is 21.5. The third kappa shape index (κ3) is 26.7. The third-order valence-corrected chi connectivity index (χ3v) is 11.1. The summed E-state index contributed by atoms with van der Waals surface area (Å²) >= 11 is 0. The molecule has 54 heavy (non-hydrogen) atoms. The van der Waals surface area contributed by atoms with Gasteiger partial charge < -0.3 is 40.3 Å². The maximum atomic E-state index is 12.9. The standard InChI is InChI=1S/C45H87NO8/c1-3-5-7-9-11-13-15-16-17-18-19-20-21-22-23-24-25-27-29-31-33-35-41(49)46-38(37-53-45-44(52)43(51)42(50)40(36-47)54-45)39(48)34-32-30-28-26-14-12-10-8-6-4-2/h14,26,38-40,42-45,47-48,50-52H,3-13,15-25,27-37H2,1-2H3,(H,46,49)/b26-14+/t38-,39+,40-,42-,43?,44?,45-/m0/s1. The molecule has 1 aliphatic rings. The highest BCUT2D eigenvalue weighted by Crippen LogP contribution is 2.23. The molecule has 0 bridgehead atoms. The minimum Gasteiger partial charge on any atom is -0.394 e. The van der Waals surface area contributed by atoms with Crippen molar-refractivity contribution in [1.82, 2.24) is 5.32 Å². The number of rotatable bonds is 38. The smallest absolute Gasteiger partial charge is 0.220 e. The topological polar surface area (TPSA) is 149 Å². The summed E-state index contributed by atoms with van der Waals surface area (Å²) in [5, 5.41) is 54.2. The highest BCUT2D eigenvalue weighted by molar-refractivity contribution is 5.76. The van der Waals surface area contributed by atoms with Crippen molar-refractivity contribution in [2.45, 2.75) is 256 Å². The fraction of sp³-hybridized carbons (Fsp3) is 0.933. The first-order valence-corrected chi connectivity index (χ1v) is 22.9. The van der Waals surface area contributed by atoms with Crippen molar-refractivity contribution >= 4 is 5.91 Å². The van der Waals surface area contributed by atoms with Gasteiger partial charge in [-0.05, 0) is 38.5 Å². The molecule has 0 aromatic rings. The number of amides is 1. The Hall–Kier alpha value is -1.07. The fourth-order valence-corrected chi connectivity index (χ4v) is 7.39. The van der Waals surface area contributed by atoms with Crippen molar-refractivity contribution in [2.24, 2.45) is 0 Å². The van der Waals surface area contributed by atoms with E-state index in [9.17, 15) is 30.3 Å². The number of aliphatic hydroxyl groups is 5. The second kappa shape index (κ2) is 36.3. The molecule has 6 N–H and O–H groups in total. The molecule has 1 amide bonds. The Kier molecular flexibility index (Phi) is 34.2. The Morgan fingerprint density at radius 2 is 1.04 bits per heavy atom. The Balaban J connectivity index is 2.25. The minimum atomic E-state index is -1.55. The van der Waals surface area contributed by atoms with Crippen LogP contribution in [0.3, 0.4) is 0 Å². The molecule has 0 aromatic carbocycles. The van der Waals surface area contributed by atoms with Crippen molar-refractivity contribution in [1.29, 1.82) is 0 Å². The zero-order valence-electron chi connectivity index (χ0n) is 35.0. The van der Waals surface area contributed by atoms with Gasteiger partial charge in [0.05, 0.1) is 25.4 Å². The lowest BCUT2D eigenvalue weighted by molar-refractivity contribution is -0.302. The predicted molar refractivity (Wildman–Crippen MR) is 221 cm³/mol. The molecule has 0 radical (unpaired) electrons. The number of nitrogens with one attached hydrogen (secondary N) is 1. The van der Waals surface area contributed by atoms with Crippen LogP contribution in [0.5, 0.6) is 0 Å². The van der Waals surface area contributed by atoms with Gasteiger partial charge >= 0.3 is 0 Å². The van der Waals surface area contributed by atoms with Crippen molar-refractivity contribution in [2.75, 3.05) is 13.2 Å². The summed E-state index contributed by atoms with van der Waals surface area (Å²) in [7, 11) is 0. The maximum Gasteiger partial charge on any atom is 0.220 e. The van der Waals surface area contributed by atoms with Crippen LogP contribution in [-0.2, 0) is 14.3 Å². The van der Waals surface area contributed by atoms with Gasteiger partial charge in [-0.15, -0.1) is 0 Å². The molecule has 2 unspecified atom stereocenters. The Labute approximate surface area is 331 Å². The molecule has 1 heterocycles. The van der Waals surface area contributed by atoms with Crippen LogP contribution in [0, 0.1) is 0 Å². The lowest BCUT2D eigenvalue weighted by atomic mass is 9.99. The number of hydrogen-bond donors (Lipinski definition) is 6. The van der Waals surface area contributed by atoms with Crippen molar-refractivity contribution in [3.8, 4) is 0 Å². The second-order valence-corrected chi connectivity index (χ2v) is 16.2. The molecule has 9 nitrogen and oxygen atoms in total. The van der Waals surface area contributed by atoms with Crippen LogP contribution >= 0.6 is 0 Å². The number of unbranched alkanes of at least 4 members (excludes halogenated alkanes) is 26. The van der Waals surface area contributed by atoms with Crippen LogP contribution in [0.25, 0.3) is 0 Å². The lowest BCUT2D eigenvalue weighted by Crippen LogP contribution is -2.60. The van der Waals surface area contributed by atoms with E-state index in [1.165, 1.54) is 141 Å². The van der Waals surface area contributed by atoms with Crippen LogP contribution in [0.4, 0.5) is 0 Å². The van der Waals surface area contributed by atoms with Gasteiger partial charge in [-0.2, -0.15) is 0 Å². The highest BCUT2D eigenvalue weighted by Gasteiger charge is 2.44. The molecule has 1 fully saturated rings. The van der Waals surface area contributed by atoms with Crippen LogP contribution in [0.15, 0.2) is 12.2 Å². The van der Waals surface area contributed by atoms with E-state index in [0.29, 0.717) is 12.8 Å². The average molecular weight is 770 g/mol. The zero-order chi connectivity index (χ0) is 39.5. The van der Waals surface area contributed by atoms with Crippen LogP contribution in [0.2, 0.25) is 0 Å². The van der Waals surface area contributed by atoms with E-state index in [1.54, 1.807) is 0 Å². The molecular formula is C45H87NO8. The zero-order valence-corrected chi connectivity index (χ0v) is 35.0. The number of hydrogen-bond acceptors (Lipinski definition) is 8. The summed E-state index contributed by atoms with van der Waals surface area (Å²) in [6.07, 6.45) is 33.8. The van der Waals surface area contributed by atoms with E-state index in [0.717, 1.165) is 44.9 Å². The van der Waals surface area contributed by atoms with Gasteiger partial charge in [-0.25, -0.2) is 0 Å². The van der Waals surface area contributed by atoms with E-state index in [2.05, 4.69) is 31.3 Å². The molecule has 1 rings (SSSR count). The number of carbonyl (C=O) groups excluding carboxylic acids is 1. The van der Waals surface area contributed by atoms with E-state index in [1.807, 2.05) is 0 Å². The van der Waals surface area contributed by atoms with Crippen LogP contribution in [0.1, 0.15) is 213 Å². The summed E-state index contributed by atoms with van der Waals surface area (Å²) in [5.41, 5.74) is 0. The number of aliphatic hydroxyl groups excluding tert-OH is 5. The van der Waals surface area contributed by atoms with Gasteiger partial charge in [0.2, 0.25) is 5.91 Å². The molecule has 0 saturated carbocycles. The molecule has 320 valence electrons. The van der Waals surface area contributed by atoms with E-state index in [4.69, 9.17) is 9.47 Å². The molecule has 7 atom stereocenters. The van der Waals surface area contributed by atoms with Crippen molar-refractivity contribution < 1.29 is 39.8 Å². The van der Waals surface area contributed by atoms with E-state index in [-0.39, 0.29) is 12.5 Å². The van der Waals surface area contributed by atoms with Crippen molar-refractivity contribution in [3.05, 3.63) is 12.2 Å². The Morgan fingerprint density at radius 3 is 1.50 bits per heavy atom. The van der Waals surface area contributed by atoms with Gasteiger partial charge in [0, 0.05) is 6.42 Å². The molecule has 9 heteroatoms. The Bertz CT molecular complexity index is 858. The summed E-state index contributed by atoms with van der Waals surface area (Å²) in [6, 6.07) is -0.728. The van der Waals surface area contributed by atoms with Gasteiger partial charge in [0.15, 0.2) is 6.29 Å². The van der Waals surface area contributed by atoms with E-state index < -0.39 is 49.5 Å². The predicted octanol–water partition coefficient (Wildman–Crippen LogP) is 9.34. The quantitative estimate of drug-likeness (QED) is 0.0269. The van der Waals surface area contributed by atoms with Gasteiger partial charge in [0.1, 0.15) is 24.4 Å². The molecular weight excluding hydrogens is 682 g/mol.